The summed E-state index contributed by atoms with van der Waals surface area (Å²) in [6.45, 7) is 0. The third-order valence-electron chi connectivity index (χ3n) is 4.64. The van der Waals surface area contributed by atoms with Crippen molar-refractivity contribution in [3.63, 3.8) is 0 Å². The second kappa shape index (κ2) is 5.67. The highest BCUT2D eigenvalue weighted by Crippen LogP contribution is 2.46. The summed E-state index contributed by atoms with van der Waals surface area (Å²) in [5, 5.41) is 28.7. The zero-order chi connectivity index (χ0) is 17.6. The van der Waals surface area contributed by atoms with Gasteiger partial charge in [0.2, 0.25) is 0 Å². The Labute approximate surface area is 143 Å². The lowest BCUT2D eigenvalue weighted by molar-refractivity contribution is 0.204. The van der Waals surface area contributed by atoms with Crippen LogP contribution in [0, 0.1) is 23.1 Å². The lowest BCUT2D eigenvalue weighted by atomic mass is 9.90. The number of hydrogen-bond donors (Lipinski definition) is 2. The molecule has 0 aromatic heterocycles. The summed E-state index contributed by atoms with van der Waals surface area (Å²) in [4.78, 5) is 0. The van der Waals surface area contributed by atoms with E-state index in [0.717, 1.165) is 17.2 Å². The van der Waals surface area contributed by atoms with Gasteiger partial charge in [-0.05, 0) is 41.0 Å². The number of phenols is 2. The number of benzene rings is 2. The van der Waals surface area contributed by atoms with E-state index in [1.54, 1.807) is 30.3 Å². The van der Waals surface area contributed by atoms with Gasteiger partial charge >= 0.3 is 0 Å². The Balaban J connectivity index is 1.92. The highest BCUT2D eigenvalue weighted by atomic mass is 19.1. The molecule has 1 aliphatic heterocycles. The smallest absolute Gasteiger partial charge is 0.143 e. The standard InChI is InChI=1S/C20H14FNO3/c21-18-8-14(24)7-17-16(18)9-15(11-1-3-13(23)4-2-11)19(17)20-12(10-22)5-6-25-20/h1-8,12,20,23-24H,9H2. The summed E-state index contributed by atoms with van der Waals surface area (Å²) in [5.74, 6) is -1.00. The molecule has 2 aliphatic rings. The van der Waals surface area contributed by atoms with Gasteiger partial charge in [0.15, 0.2) is 0 Å². The van der Waals surface area contributed by atoms with Crippen LogP contribution < -0.4 is 0 Å². The van der Waals surface area contributed by atoms with Crippen LogP contribution in [-0.4, -0.2) is 16.3 Å². The van der Waals surface area contributed by atoms with Crippen LogP contribution in [0.3, 0.4) is 0 Å². The van der Waals surface area contributed by atoms with Gasteiger partial charge in [-0.1, -0.05) is 12.1 Å². The van der Waals surface area contributed by atoms with E-state index >= 15 is 0 Å². The summed E-state index contributed by atoms with van der Waals surface area (Å²) >= 11 is 0. The van der Waals surface area contributed by atoms with Crippen LogP contribution in [0.25, 0.3) is 11.1 Å². The number of aromatic hydroxyl groups is 2. The summed E-state index contributed by atoms with van der Waals surface area (Å²) in [6, 6.07) is 11.4. The van der Waals surface area contributed by atoms with Crippen molar-refractivity contribution in [2.45, 2.75) is 12.5 Å². The van der Waals surface area contributed by atoms with E-state index in [2.05, 4.69) is 6.07 Å². The van der Waals surface area contributed by atoms with Crippen molar-refractivity contribution >= 4 is 11.1 Å². The van der Waals surface area contributed by atoms with Crippen molar-refractivity contribution in [3.05, 3.63) is 71.2 Å². The molecule has 0 bridgehead atoms. The molecular formula is C20H14FNO3. The zero-order valence-electron chi connectivity index (χ0n) is 13.1. The Bertz CT molecular complexity index is 954. The topological polar surface area (TPSA) is 73.5 Å². The van der Waals surface area contributed by atoms with Crippen LogP contribution in [0.1, 0.15) is 16.7 Å². The molecule has 0 radical (unpaired) electrons. The van der Waals surface area contributed by atoms with Crippen LogP contribution in [0.4, 0.5) is 4.39 Å². The average molecular weight is 335 g/mol. The Morgan fingerprint density at radius 1 is 1.12 bits per heavy atom. The van der Waals surface area contributed by atoms with Crippen LogP contribution in [0.15, 0.2) is 48.7 Å². The van der Waals surface area contributed by atoms with E-state index in [0.29, 0.717) is 23.1 Å². The zero-order valence-corrected chi connectivity index (χ0v) is 13.1. The van der Waals surface area contributed by atoms with Crippen LogP contribution >= 0.6 is 0 Å². The number of halogens is 1. The molecule has 2 N–H and O–H groups in total. The van der Waals surface area contributed by atoms with Crippen LogP contribution in [-0.2, 0) is 11.2 Å². The Morgan fingerprint density at radius 2 is 1.88 bits per heavy atom. The van der Waals surface area contributed by atoms with E-state index in [4.69, 9.17) is 4.74 Å². The van der Waals surface area contributed by atoms with Gasteiger partial charge in [0, 0.05) is 23.6 Å². The molecule has 1 heterocycles. The Hall–Kier alpha value is -3.26. The third-order valence-corrected chi connectivity index (χ3v) is 4.64. The number of phenolic OH excluding ortho intramolecular Hbond substituents is 2. The number of hydrogen-bond acceptors (Lipinski definition) is 4. The van der Waals surface area contributed by atoms with Crippen LogP contribution in [0.2, 0.25) is 0 Å². The maximum atomic E-state index is 14.4. The van der Waals surface area contributed by atoms with E-state index in [-0.39, 0.29) is 11.5 Å². The minimum Gasteiger partial charge on any atom is -0.508 e. The number of nitrogens with zero attached hydrogens (tertiary/aromatic N) is 1. The fourth-order valence-electron chi connectivity index (χ4n) is 3.48. The van der Waals surface area contributed by atoms with Gasteiger partial charge in [0.05, 0.1) is 12.3 Å². The molecule has 25 heavy (non-hydrogen) atoms. The molecule has 124 valence electrons. The molecular weight excluding hydrogens is 321 g/mol. The quantitative estimate of drug-likeness (QED) is 0.876. The highest BCUT2D eigenvalue weighted by Gasteiger charge is 2.37. The van der Waals surface area contributed by atoms with Crippen molar-refractivity contribution in [1.82, 2.24) is 0 Å². The number of fused-ring (bicyclic) bond motifs is 1. The first-order valence-corrected chi connectivity index (χ1v) is 7.84. The van der Waals surface area contributed by atoms with Crippen molar-refractivity contribution in [2.24, 2.45) is 5.92 Å². The predicted octanol–water partition coefficient (Wildman–Crippen LogP) is 3.76. The first-order chi connectivity index (χ1) is 12.1. The Morgan fingerprint density at radius 3 is 2.60 bits per heavy atom. The van der Waals surface area contributed by atoms with E-state index < -0.39 is 17.8 Å². The molecule has 0 fully saturated rings. The first kappa shape index (κ1) is 15.3. The molecule has 2 aromatic rings. The summed E-state index contributed by atoms with van der Waals surface area (Å²) in [5.41, 5.74) is 3.38. The van der Waals surface area contributed by atoms with Gasteiger partial charge in [0.1, 0.15) is 29.3 Å². The van der Waals surface area contributed by atoms with Crippen LogP contribution in [0.5, 0.6) is 11.5 Å². The second-order valence-electron chi connectivity index (χ2n) is 6.11. The van der Waals surface area contributed by atoms with Crippen molar-refractivity contribution < 1.29 is 19.3 Å². The van der Waals surface area contributed by atoms with Gasteiger partial charge in [0.25, 0.3) is 0 Å². The summed E-state index contributed by atoms with van der Waals surface area (Å²) in [6.07, 6.45) is 2.93. The molecule has 2 atom stereocenters. The third kappa shape index (κ3) is 2.43. The monoisotopic (exact) mass is 335 g/mol. The molecule has 4 rings (SSSR count). The van der Waals surface area contributed by atoms with Gasteiger partial charge in [-0.2, -0.15) is 5.26 Å². The van der Waals surface area contributed by atoms with E-state index in [1.165, 1.54) is 12.3 Å². The lowest BCUT2D eigenvalue weighted by Gasteiger charge is -2.19. The molecule has 5 heteroatoms. The summed E-state index contributed by atoms with van der Waals surface area (Å²) < 4.78 is 20.0. The van der Waals surface area contributed by atoms with Gasteiger partial charge in [-0.25, -0.2) is 4.39 Å². The Kier molecular flexibility index (Phi) is 3.47. The van der Waals surface area contributed by atoms with E-state index in [9.17, 15) is 19.9 Å². The fourth-order valence-corrected chi connectivity index (χ4v) is 3.48. The highest BCUT2D eigenvalue weighted by molar-refractivity contribution is 5.99. The fraction of sp³-hybridized carbons (Fsp3) is 0.150. The van der Waals surface area contributed by atoms with Crippen molar-refractivity contribution in [1.29, 1.82) is 5.26 Å². The normalized spacial score (nSPS) is 21.1. The van der Waals surface area contributed by atoms with Gasteiger partial charge in [-0.15, -0.1) is 0 Å². The molecule has 0 spiro atoms. The maximum Gasteiger partial charge on any atom is 0.143 e. The van der Waals surface area contributed by atoms with Gasteiger partial charge in [-0.3, -0.25) is 0 Å². The molecule has 2 aromatic carbocycles. The second-order valence-corrected chi connectivity index (χ2v) is 6.11. The average Bonchev–Trinajstić information content (AvgIpc) is 3.19. The number of allylic oxidation sites excluding steroid dienone is 1. The summed E-state index contributed by atoms with van der Waals surface area (Å²) in [7, 11) is 0. The number of rotatable bonds is 2. The number of nitriles is 1. The maximum absolute atomic E-state index is 14.4. The van der Waals surface area contributed by atoms with Crippen molar-refractivity contribution in [3.8, 4) is 17.6 Å². The molecule has 0 saturated heterocycles. The SMILES string of the molecule is N#CC1C=COC1C1=C(c2ccc(O)cc2)Cc2c(F)cc(O)cc21. The largest absolute Gasteiger partial charge is 0.508 e. The minimum atomic E-state index is -0.559. The molecule has 4 nitrogen and oxygen atoms in total. The van der Waals surface area contributed by atoms with E-state index in [1.807, 2.05) is 0 Å². The molecule has 2 unspecified atom stereocenters. The first-order valence-electron chi connectivity index (χ1n) is 7.84. The lowest BCUT2D eigenvalue weighted by Crippen LogP contribution is -2.17. The molecule has 1 aliphatic carbocycles. The molecule has 0 amide bonds. The van der Waals surface area contributed by atoms with Gasteiger partial charge < -0.3 is 14.9 Å². The number of ether oxygens (including phenoxy) is 1. The minimum absolute atomic E-state index is 0.138. The van der Waals surface area contributed by atoms with Crippen molar-refractivity contribution in [2.75, 3.05) is 0 Å². The predicted molar refractivity (Wildman–Crippen MR) is 89.8 cm³/mol. The molecule has 0 saturated carbocycles.